The first-order chi connectivity index (χ1) is 7.28. The molecule has 1 fully saturated rings. The second-order valence-electron chi connectivity index (χ2n) is 3.67. The summed E-state index contributed by atoms with van der Waals surface area (Å²) < 4.78 is 23.6. The van der Waals surface area contributed by atoms with Gasteiger partial charge in [-0.15, -0.1) is 0 Å². The molecule has 2 heterocycles. The maximum absolute atomic E-state index is 11.8. The molecule has 1 amide bonds. The first kappa shape index (κ1) is 10.9. The molecule has 2 aliphatic heterocycles. The van der Waals surface area contributed by atoms with Crippen molar-refractivity contribution < 1.29 is 23.1 Å². The van der Waals surface area contributed by atoms with Gasteiger partial charge in [-0.25, -0.2) is 13.2 Å². The average molecular weight is 243 g/mol. The van der Waals surface area contributed by atoms with Crippen LogP contribution in [0.5, 0.6) is 0 Å². The molecule has 1 N–H and O–H groups in total. The Kier molecular flexibility index (Phi) is 2.00. The molecule has 0 aromatic heterocycles. The van der Waals surface area contributed by atoms with Crippen LogP contribution in [0.3, 0.4) is 0 Å². The molecule has 0 aromatic rings. The number of carboxylic acid groups (broad SMARTS) is 1. The van der Waals surface area contributed by atoms with Crippen LogP contribution in [-0.4, -0.2) is 35.7 Å². The number of allylic oxidation sites excluding steroid dienone is 1. The highest BCUT2D eigenvalue weighted by Crippen LogP contribution is 2.40. The third-order valence-corrected chi connectivity index (χ3v) is 4.91. The molecule has 0 unspecified atom stereocenters. The largest absolute Gasteiger partial charge is 0.477 e. The van der Waals surface area contributed by atoms with Gasteiger partial charge in [0, 0.05) is 0 Å². The van der Waals surface area contributed by atoms with E-state index in [1.54, 1.807) is 0 Å². The summed E-state index contributed by atoms with van der Waals surface area (Å²) in [6.45, 7) is 4.72. The van der Waals surface area contributed by atoms with Gasteiger partial charge in [-0.1, -0.05) is 6.58 Å². The van der Waals surface area contributed by atoms with Gasteiger partial charge < -0.3 is 5.11 Å². The van der Waals surface area contributed by atoms with Crippen molar-refractivity contribution in [3.05, 3.63) is 22.8 Å². The van der Waals surface area contributed by atoms with Crippen LogP contribution < -0.4 is 0 Å². The van der Waals surface area contributed by atoms with Crippen molar-refractivity contribution in [2.45, 2.75) is 18.7 Å². The maximum Gasteiger partial charge on any atom is 0.352 e. The van der Waals surface area contributed by atoms with Crippen LogP contribution in [0.1, 0.15) is 13.3 Å². The van der Waals surface area contributed by atoms with E-state index in [4.69, 9.17) is 5.11 Å². The third-order valence-electron chi connectivity index (χ3n) is 2.82. The van der Waals surface area contributed by atoms with Crippen LogP contribution in [0.15, 0.2) is 22.8 Å². The highest BCUT2D eigenvalue weighted by Gasteiger charge is 2.53. The SMILES string of the molecule is C=C1C(C)=C(C(=O)O)N2C(=O)C[C@H]2S1(=O)=O. The topological polar surface area (TPSA) is 91.8 Å². The summed E-state index contributed by atoms with van der Waals surface area (Å²) in [7, 11) is -3.66. The minimum atomic E-state index is -3.66. The zero-order valence-electron chi connectivity index (χ0n) is 8.43. The molecule has 16 heavy (non-hydrogen) atoms. The van der Waals surface area contributed by atoms with Gasteiger partial charge in [-0.3, -0.25) is 9.69 Å². The number of nitrogens with zero attached hydrogens (tertiary/aromatic N) is 1. The summed E-state index contributed by atoms with van der Waals surface area (Å²) >= 11 is 0. The van der Waals surface area contributed by atoms with E-state index in [1.807, 2.05) is 0 Å². The van der Waals surface area contributed by atoms with Gasteiger partial charge in [0.05, 0.1) is 11.3 Å². The van der Waals surface area contributed by atoms with Crippen molar-refractivity contribution in [3.63, 3.8) is 0 Å². The van der Waals surface area contributed by atoms with Crippen molar-refractivity contribution in [1.29, 1.82) is 0 Å². The number of fused-ring (bicyclic) bond motifs is 1. The van der Waals surface area contributed by atoms with E-state index in [9.17, 15) is 18.0 Å². The Morgan fingerprint density at radius 1 is 1.56 bits per heavy atom. The van der Waals surface area contributed by atoms with E-state index < -0.39 is 27.1 Å². The van der Waals surface area contributed by atoms with Crippen molar-refractivity contribution in [2.24, 2.45) is 0 Å². The number of rotatable bonds is 1. The van der Waals surface area contributed by atoms with Crippen molar-refractivity contribution in [3.8, 4) is 0 Å². The third kappa shape index (κ3) is 1.09. The Morgan fingerprint density at radius 2 is 2.12 bits per heavy atom. The number of hydrogen-bond acceptors (Lipinski definition) is 4. The van der Waals surface area contributed by atoms with Crippen LogP contribution in [0.25, 0.3) is 0 Å². The fraction of sp³-hybridized carbons (Fsp3) is 0.333. The average Bonchev–Trinajstić information content (AvgIpc) is 2.17. The highest BCUT2D eigenvalue weighted by atomic mass is 32.2. The lowest BCUT2D eigenvalue weighted by Crippen LogP contribution is -2.59. The van der Waals surface area contributed by atoms with Crippen molar-refractivity contribution >= 4 is 21.7 Å². The van der Waals surface area contributed by atoms with E-state index in [0.717, 1.165) is 4.90 Å². The van der Waals surface area contributed by atoms with Crippen LogP contribution in [0.4, 0.5) is 0 Å². The minimum absolute atomic E-state index is 0.0248. The number of carbonyl (C=O) groups excluding carboxylic acids is 1. The van der Waals surface area contributed by atoms with Crippen molar-refractivity contribution in [2.75, 3.05) is 0 Å². The zero-order chi connectivity index (χ0) is 12.2. The molecule has 1 atom stereocenters. The molecule has 7 heteroatoms. The lowest BCUT2D eigenvalue weighted by Gasteiger charge is -2.43. The normalized spacial score (nSPS) is 27.6. The molecular weight excluding hydrogens is 234 g/mol. The molecule has 86 valence electrons. The molecule has 0 aliphatic carbocycles. The standard InChI is InChI=1S/C9H9NO5S/c1-4-5(2)16(14,15)7-3-6(11)10(7)8(4)9(12)13/h7H,2-3H2,1H3,(H,12,13)/t7-/m1/s1. The maximum atomic E-state index is 11.8. The number of amides is 1. The first-order valence-electron chi connectivity index (χ1n) is 4.48. The molecule has 2 aliphatic rings. The summed E-state index contributed by atoms with van der Waals surface area (Å²) in [5, 5.41) is 7.87. The van der Waals surface area contributed by atoms with Crippen LogP contribution >= 0.6 is 0 Å². The van der Waals surface area contributed by atoms with Gasteiger partial charge in [0.2, 0.25) is 5.91 Å². The molecular formula is C9H9NO5S. The molecule has 0 bridgehead atoms. The van der Waals surface area contributed by atoms with Gasteiger partial charge in [0.1, 0.15) is 5.70 Å². The smallest absolute Gasteiger partial charge is 0.352 e. The minimum Gasteiger partial charge on any atom is -0.477 e. The number of sulfone groups is 1. The van der Waals surface area contributed by atoms with E-state index in [0.29, 0.717) is 0 Å². The fourth-order valence-electron chi connectivity index (χ4n) is 1.86. The Labute approximate surface area is 91.8 Å². The Balaban J connectivity index is 2.69. The predicted octanol–water partition coefficient (Wildman–Crippen LogP) is -0.154. The number of carboxylic acids is 1. The summed E-state index contributed by atoms with van der Waals surface area (Å²) in [6, 6.07) is 0. The van der Waals surface area contributed by atoms with Crippen LogP contribution in [0.2, 0.25) is 0 Å². The predicted molar refractivity (Wildman–Crippen MR) is 53.6 cm³/mol. The van der Waals surface area contributed by atoms with Crippen molar-refractivity contribution in [1.82, 2.24) is 4.90 Å². The van der Waals surface area contributed by atoms with Gasteiger partial charge in [0.15, 0.2) is 15.2 Å². The van der Waals surface area contributed by atoms with E-state index >= 15 is 0 Å². The molecule has 0 saturated carbocycles. The Hall–Kier alpha value is -1.63. The molecule has 1 saturated heterocycles. The number of β-lactam (4-membered cyclic amide) rings is 1. The second kappa shape index (κ2) is 2.94. The molecule has 2 rings (SSSR count). The summed E-state index contributed by atoms with van der Waals surface area (Å²) in [5.74, 6) is -1.80. The summed E-state index contributed by atoms with van der Waals surface area (Å²) in [4.78, 5) is 22.8. The molecule has 0 spiro atoms. The van der Waals surface area contributed by atoms with Crippen LogP contribution in [0, 0.1) is 0 Å². The quantitative estimate of drug-likeness (QED) is 0.646. The van der Waals surface area contributed by atoms with E-state index in [1.165, 1.54) is 6.92 Å². The summed E-state index contributed by atoms with van der Waals surface area (Å²) in [5.41, 5.74) is -0.252. The lowest BCUT2D eigenvalue weighted by atomic mass is 10.1. The molecule has 0 radical (unpaired) electrons. The van der Waals surface area contributed by atoms with E-state index in [2.05, 4.69) is 6.58 Å². The Bertz CT molecular complexity index is 556. The zero-order valence-corrected chi connectivity index (χ0v) is 9.24. The monoisotopic (exact) mass is 243 g/mol. The number of hydrogen-bond donors (Lipinski definition) is 1. The van der Waals surface area contributed by atoms with Gasteiger partial charge >= 0.3 is 5.97 Å². The first-order valence-corrected chi connectivity index (χ1v) is 6.02. The molecule has 0 aromatic carbocycles. The fourth-order valence-corrected chi connectivity index (χ4v) is 3.57. The highest BCUT2D eigenvalue weighted by molar-refractivity contribution is 7.96. The van der Waals surface area contributed by atoms with E-state index in [-0.39, 0.29) is 22.6 Å². The van der Waals surface area contributed by atoms with Gasteiger partial charge in [0.25, 0.3) is 0 Å². The van der Waals surface area contributed by atoms with Gasteiger partial charge in [-0.05, 0) is 12.5 Å². The second-order valence-corrected chi connectivity index (χ2v) is 5.80. The van der Waals surface area contributed by atoms with Gasteiger partial charge in [-0.2, -0.15) is 0 Å². The number of aliphatic carboxylic acids is 1. The van der Waals surface area contributed by atoms with Crippen LogP contribution in [-0.2, 0) is 19.4 Å². The lowest BCUT2D eigenvalue weighted by molar-refractivity contribution is -0.146. The summed E-state index contributed by atoms with van der Waals surface area (Å²) in [6.07, 6.45) is -0.175. The molecule has 6 nitrogen and oxygen atoms in total. The number of carbonyl (C=O) groups is 2. The Morgan fingerprint density at radius 3 is 2.56 bits per heavy atom.